The summed E-state index contributed by atoms with van der Waals surface area (Å²) in [7, 11) is -5.66. The lowest BCUT2D eigenvalue weighted by molar-refractivity contribution is -0.894. The van der Waals surface area contributed by atoms with Gasteiger partial charge in [-0.2, -0.15) is 8.78 Å². The van der Waals surface area contributed by atoms with Crippen LogP contribution < -0.4 is 4.90 Å². The summed E-state index contributed by atoms with van der Waals surface area (Å²) in [6.07, 6.45) is 0. The first-order chi connectivity index (χ1) is 10.1. The highest BCUT2D eigenvalue weighted by Gasteiger charge is 2.38. The van der Waals surface area contributed by atoms with Crippen molar-refractivity contribution in [3.8, 4) is 0 Å². The molecule has 4 nitrogen and oxygen atoms in total. The van der Waals surface area contributed by atoms with Crippen molar-refractivity contribution in [1.29, 1.82) is 0 Å². The maximum absolute atomic E-state index is 12.7. The molecule has 22 heavy (non-hydrogen) atoms. The molecular weight excluding hydrogens is 356 g/mol. The molecule has 0 unspecified atom stereocenters. The fraction of sp³-hybridized carbons (Fsp3) is 0.538. The van der Waals surface area contributed by atoms with Crippen LogP contribution in [0.1, 0.15) is 20.8 Å². The van der Waals surface area contributed by atoms with Gasteiger partial charge in [0.2, 0.25) is 0 Å². The lowest BCUT2D eigenvalue weighted by Gasteiger charge is -2.18. The summed E-state index contributed by atoms with van der Waals surface area (Å²) >= 11 is 5.17. The topological polar surface area (TPSA) is 61.6 Å². The molecule has 0 fully saturated rings. The van der Waals surface area contributed by atoms with E-state index in [1.165, 1.54) is 43.9 Å². The molecule has 0 amide bonds. The molecule has 0 radical (unpaired) electrons. The average Bonchev–Trinajstić information content (AvgIpc) is 2.43. The molecular formula is C13H20ClF2NO3S2. The summed E-state index contributed by atoms with van der Waals surface area (Å²) in [5.41, 5.74) is 0. The molecule has 1 aromatic carbocycles. The van der Waals surface area contributed by atoms with E-state index in [-0.39, 0.29) is 16.7 Å². The number of thioether (sulfide) groups is 1. The maximum atomic E-state index is 12.7. The average molecular weight is 376 g/mol. The van der Waals surface area contributed by atoms with Crippen LogP contribution in [0.5, 0.6) is 0 Å². The maximum Gasteiger partial charge on any atom is 0.386 e. The van der Waals surface area contributed by atoms with E-state index >= 15 is 0 Å². The van der Waals surface area contributed by atoms with Gasteiger partial charge in [-0.15, -0.1) is 0 Å². The minimum absolute atomic E-state index is 0.0520. The third-order valence-corrected chi connectivity index (χ3v) is 5.28. The summed E-state index contributed by atoms with van der Waals surface area (Å²) < 4.78 is 51.6. The number of quaternary nitrogens is 1. The summed E-state index contributed by atoms with van der Waals surface area (Å²) in [5.74, 6) is 0. The van der Waals surface area contributed by atoms with E-state index in [1.807, 2.05) is 0 Å². The van der Waals surface area contributed by atoms with Gasteiger partial charge < -0.3 is 9.45 Å². The molecule has 0 aliphatic heterocycles. The Balaban J connectivity index is 0.000000534. The Morgan fingerprint density at radius 2 is 1.55 bits per heavy atom. The summed E-state index contributed by atoms with van der Waals surface area (Å²) in [5, 5.41) is 0.327. The van der Waals surface area contributed by atoms with Gasteiger partial charge in [0.25, 0.3) is 0 Å². The predicted octanol–water partition coefficient (Wildman–Crippen LogP) is 2.46. The second kappa shape index (κ2) is 9.67. The standard InChI is InChI=1S/C7H5ClF2O3S2.C6H15N/c8-5-1-3-6(4-2-5)14-7(9,10)15(11,12)13;1-4-7(5-2)6-3/h1-4H,(H,11,12,13);4-6H2,1-3H3. The minimum Gasteiger partial charge on any atom is -0.743 e. The second-order valence-corrected chi connectivity index (χ2v) is 7.59. The van der Waals surface area contributed by atoms with E-state index in [1.54, 1.807) is 4.90 Å². The molecule has 1 N–H and O–H groups in total. The Bertz CT molecular complexity index is 529. The number of hydrogen-bond acceptors (Lipinski definition) is 4. The number of halogens is 3. The molecule has 0 aliphatic carbocycles. The highest BCUT2D eigenvalue weighted by molar-refractivity contribution is 8.12. The van der Waals surface area contributed by atoms with Gasteiger partial charge in [-0.3, -0.25) is 0 Å². The van der Waals surface area contributed by atoms with Crippen LogP contribution in [-0.2, 0) is 10.1 Å². The van der Waals surface area contributed by atoms with Crippen molar-refractivity contribution in [3.05, 3.63) is 29.3 Å². The molecule has 0 spiro atoms. The fourth-order valence-electron chi connectivity index (χ4n) is 1.44. The molecule has 0 saturated carbocycles. The lowest BCUT2D eigenvalue weighted by atomic mass is 10.4. The first kappa shape index (κ1) is 21.6. The Morgan fingerprint density at radius 1 is 1.14 bits per heavy atom. The van der Waals surface area contributed by atoms with Crippen LogP contribution in [0.2, 0.25) is 5.02 Å². The molecule has 1 aromatic rings. The van der Waals surface area contributed by atoms with Gasteiger partial charge in [-0.25, -0.2) is 8.42 Å². The quantitative estimate of drug-likeness (QED) is 0.613. The normalized spacial score (nSPS) is 12.0. The van der Waals surface area contributed by atoms with Gasteiger partial charge in [0.15, 0.2) is 10.1 Å². The van der Waals surface area contributed by atoms with Crippen LogP contribution in [0, 0.1) is 0 Å². The third kappa shape index (κ3) is 7.73. The van der Waals surface area contributed by atoms with E-state index in [4.69, 9.17) is 11.6 Å². The zero-order valence-electron chi connectivity index (χ0n) is 12.6. The van der Waals surface area contributed by atoms with Gasteiger partial charge >= 0.3 is 4.59 Å². The molecule has 0 bridgehead atoms. The molecule has 128 valence electrons. The molecule has 0 saturated heterocycles. The summed E-state index contributed by atoms with van der Waals surface area (Å²) in [6.45, 7) is 10.5. The van der Waals surface area contributed by atoms with Crippen molar-refractivity contribution in [1.82, 2.24) is 0 Å². The molecule has 9 heteroatoms. The van der Waals surface area contributed by atoms with Crippen molar-refractivity contribution in [3.63, 3.8) is 0 Å². The highest BCUT2D eigenvalue weighted by atomic mass is 35.5. The number of benzene rings is 1. The number of hydrogen-bond donors (Lipinski definition) is 1. The number of rotatable bonds is 6. The first-order valence-electron chi connectivity index (χ1n) is 6.68. The van der Waals surface area contributed by atoms with E-state index in [0.29, 0.717) is 5.02 Å². The van der Waals surface area contributed by atoms with Gasteiger partial charge in [0.1, 0.15) is 0 Å². The van der Waals surface area contributed by atoms with Crippen molar-refractivity contribution >= 4 is 33.5 Å². The molecule has 0 heterocycles. The van der Waals surface area contributed by atoms with Gasteiger partial charge in [-0.05, 0) is 56.8 Å². The van der Waals surface area contributed by atoms with E-state index in [9.17, 15) is 21.8 Å². The zero-order valence-corrected chi connectivity index (χ0v) is 15.0. The number of nitrogens with one attached hydrogen (secondary N) is 1. The van der Waals surface area contributed by atoms with Crippen LogP contribution in [0.3, 0.4) is 0 Å². The van der Waals surface area contributed by atoms with E-state index in [2.05, 4.69) is 20.8 Å². The molecule has 0 atom stereocenters. The van der Waals surface area contributed by atoms with Crippen LogP contribution in [0.25, 0.3) is 0 Å². The SMILES string of the molecule is CC[NH+](CC)CC.O=S(=O)([O-])C(F)(F)Sc1ccc(Cl)cc1. The van der Waals surface area contributed by atoms with Gasteiger partial charge in [-0.1, -0.05) is 11.6 Å². The minimum atomic E-state index is -5.66. The lowest BCUT2D eigenvalue weighted by Crippen LogP contribution is -3.11. The van der Waals surface area contributed by atoms with Gasteiger partial charge in [0.05, 0.1) is 19.6 Å². The Hall–Kier alpha value is -0.410. The van der Waals surface area contributed by atoms with Crippen molar-refractivity contribution in [2.45, 2.75) is 30.3 Å². The van der Waals surface area contributed by atoms with Crippen LogP contribution in [0.4, 0.5) is 8.78 Å². The Morgan fingerprint density at radius 3 is 1.82 bits per heavy atom. The Kier molecular flexibility index (Phi) is 9.49. The molecule has 1 rings (SSSR count). The van der Waals surface area contributed by atoms with Crippen molar-refractivity contribution in [2.24, 2.45) is 0 Å². The highest BCUT2D eigenvalue weighted by Crippen LogP contribution is 2.39. The first-order valence-corrected chi connectivity index (χ1v) is 9.29. The van der Waals surface area contributed by atoms with E-state index in [0.717, 1.165) is 0 Å². The monoisotopic (exact) mass is 375 g/mol. The smallest absolute Gasteiger partial charge is 0.386 e. The number of alkyl halides is 2. The molecule has 0 aromatic heterocycles. The van der Waals surface area contributed by atoms with Gasteiger partial charge in [0, 0.05) is 9.92 Å². The molecule has 0 aliphatic rings. The second-order valence-electron chi connectivity index (χ2n) is 4.28. The van der Waals surface area contributed by atoms with Crippen LogP contribution >= 0.6 is 23.4 Å². The predicted molar refractivity (Wildman–Crippen MR) is 84.5 cm³/mol. The fourth-order valence-corrected chi connectivity index (χ4v) is 2.81. The third-order valence-electron chi connectivity index (χ3n) is 2.84. The summed E-state index contributed by atoms with van der Waals surface area (Å²) in [4.78, 5) is 1.63. The van der Waals surface area contributed by atoms with E-state index < -0.39 is 14.7 Å². The zero-order chi connectivity index (χ0) is 17.4. The largest absolute Gasteiger partial charge is 0.743 e. The van der Waals surface area contributed by atoms with Crippen molar-refractivity contribution in [2.75, 3.05) is 19.6 Å². The summed E-state index contributed by atoms with van der Waals surface area (Å²) in [6, 6.07) is 5.03. The van der Waals surface area contributed by atoms with Crippen LogP contribution in [0.15, 0.2) is 29.2 Å². The van der Waals surface area contributed by atoms with Crippen LogP contribution in [-0.4, -0.2) is 37.2 Å². The van der Waals surface area contributed by atoms with Crippen molar-refractivity contribution < 1.29 is 26.7 Å². The Labute approximate surface area is 139 Å².